The summed E-state index contributed by atoms with van der Waals surface area (Å²) in [4.78, 5) is 106. The van der Waals surface area contributed by atoms with E-state index in [9.17, 15) is 53.7 Å². The third kappa shape index (κ3) is 17.0. The number of hydrogen-bond acceptors (Lipinski definition) is 11. The molecule has 0 radical (unpaired) electrons. The van der Waals surface area contributed by atoms with Crippen LogP contribution in [0, 0.1) is 5.92 Å². The lowest BCUT2D eigenvalue weighted by Gasteiger charge is -2.26. The summed E-state index contributed by atoms with van der Waals surface area (Å²) in [5.41, 5.74) is 1.83. The fourth-order valence-corrected chi connectivity index (χ4v) is 7.03. The van der Waals surface area contributed by atoms with Gasteiger partial charge in [0.2, 0.25) is 41.4 Å². The van der Waals surface area contributed by atoms with E-state index in [-0.39, 0.29) is 43.3 Å². The SMILES string of the molecule is CC(C)C[C@H](NC(=O)[C@@H]1CCCN1)C(=O)N[C@@H](CO)C(=O)N[C@@H](Cc1ccc(O)cc1)C(=O)NCC(=O)N[C@@H](C)C(=O)N[C@@H](Cc1ccccc1)C(=O)N[C@@H](Cc1ccccc1)C(=O)O. The smallest absolute Gasteiger partial charge is 0.326 e. The van der Waals surface area contributed by atoms with Gasteiger partial charge in [-0.25, -0.2) is 4.79 Å². The van der Waals surface area contributed by atoms with Crippen LogP contribution in [0.4, 0.5) is 0 Å². The minimum absolute atomic E-state index is 0.00496. The van der Waals surface area contributed by atoms with Gasteiger partial charge < -0.3 is 57.9 Å². The molecule has 0 unspecified atom stereocenters. The fourth-order valence-electron chi connectivity index (χ4n) is 7.03. The minimum Gasteiger partial charge on any atom is -0.508 e. The molecule has 19 nitrogen and oxygen atoms in total. The lowest BCUT2D eigenvalue weighted by molar-refractivity contribution is -0.142. The zero-order valence-corrected chi connectivity index (χ0v) is 36.7. The molecule has 1 heterocycles. The number of benzene rings is 3. The largest absolute Gasteiger partial charge is 0.508 e. The molecule has 7 amide bonds. The lowest BCUT2D eigenvalue weighted by atomic mass is 10.0. The molecule has 3 aromatic carbocycles. The maximum absolute atomic E-state index is 13.6. The van der Waals surface area contributed by atoms with E-state index in [1.165, 1.54) is 31.2 Å². The predicted molar refractivity (Wildman–Crippen MR) is 238 cm³/mol. The molecule has 0 bridgehead atoms. The maximum Gasteiger partial charge on any atom is 0.326 e. The van der Waals surface area contributed by atoms with Crippen molar-refractivity contribution in [2.45, 2.75) is 102 Å². The van der Waals surface area contributed by atoms with Crippen molar-refractivity contribution in [3.63, 3.8) is 0 Å². The zero-order valence-electron chi connectivity index (χ0n) is 36.7. The third-order valence-corrected chi connectivity index (χ3v) is 10.5. The number of aliphatic hydroxyl groups is 1. The maximum atomic E-state index is 13.6. The van der Waals surface area contributed by atoms with Gasteiger partial charge in [0.1, 0.15) is 42.0 Å². The molecule has 65 heavy (non-hydrogen) atoms. The Balaban J connectivity index is 1.39. The molecule has 0 aliphatic carbocycles. The Bertz CT molecular complexity index is 2080. The van der Waals surface area contributed by atoms with E-state index in [1.54, 1.807) is 60.7 Å². The van der Waals surface area contributed by atoms with Gasteiger partial charge in [-0.3, -0.25) is 33.6 Å². The van der Waals surface area contributed by atoms with Crippen LogP contribution < -0.4 is 42.5 Å². The van der Waals surface area contributed by atoms with Crippen LogP contribution in [0.1, 0.15) is 56.7 Å². The first-order valence-corrected chi connectivity index (χ1v) is 21.5. The topological polar surface area (TPSA) is 293 Å². The number of rotatable bonds is 24. The van der Waals surface area contributed by atoms with Crippen LogP contribution in [0.15, 0.2) is 84.9 Å². The highest BCUT2D eigenvalue weighted by Gasteiger charge is 2.33. The van der Waals surface area contributed by atoms with Crippen molar-refractivity contribution in [1.82, 2.24) is 42.5 Å². The summed E-state index contributed by atoms with van der Waals surface area (Å²) < 4.78 is 0. The highest BCUT2D eigenvalue weighted by atomic mass is 16.4. The summed E-state index contributed by atoms with van der Waals surface area (Å²) in [6.07, 6.45) is 1.48. The van der Waals surface area contributed by atoms with Crippen molar-refractivity contribution in [2.75, 3.05) is 19.7 Å². The lowest BCUT2D eigenvalue weighted by Crippen LogP contribution is -2.59. The molecule has 350 valence electrons. The second kappa shape index (κ2) is 25.4. The zero-order chi connectivity index (χ0) is 47.5. The molecule has 0 saturated carbocycles. The molecule has 0 aromatic heterocycles. The number of carboxylic acids is 1. The number of phenolic OH excluding ortho intramolecular Hbond substituents is 1. The van der Waals surface area contributed by atoms with Gasteiger partial charge in [-0.1, -0.05) is 86.6 Å². The first-order chi connectivity index (χ1) is 31.0. The van der Waals surface area contributed by atoms with Gasteiger partial charge in [0, 0.05) is 19.3 Å². The van der Waals surface area contributed by atoms with Crippen molar-refractivity contribution >= 4 is 47.3 Å². The Labute approximate surface area is 377 Å². The number of carbonyl (C=O) groups is 8. The number of aromatic hydroxyl groups is 1. The normalized spacial score (nSPS) is 16.0. The first kappa shape index (κ1) is 50.8. The number of aliphatic carboxylic acids is 1. The Morgan fingerprint density at radius 2 is 1.09 bits per heavy atom. The average molecular weight is 901 g/mol. The molecule has 1 aliphatic heterocycles. The molecule has 3 aromatic rings. The quantitative estimate of drug-likeness (QED) is 0.0535. The first-order valence-electron chi connectivity index (χ1n) is 21.5. The second-order valence-corrected chi connectivity index (χ2v) is 16.4. The Hall–Kier alpha value is -6.86. The standard InChI is InChI=1S/C46H60N8O11/c1-27(2)21-34(51-42(60)33-15-10-20-47-33)43(61)54-38(26-55)45(63)52-35(23-31-16-18-32(56)19-17-31)41(59)48-25-39(57)49-28(3)40(58)50-36(22-29-11-6-4-7-12-29)44(62)53-37(46(64)65)24-30-13-8-5-9-14-30/h4-9,11-14,16-19,27-28,33-38,47,55-56H,10,15,20-26H2,1-3H3,(H,48,59)(H,49,57)(H,50,58)(H,51,60)(H,52,63)(H,53,62)(H,54,61)(H,64,65)/t28-,33-,34-,35-,36-,37-,38-/m0/s1. The molecule has 1 fully saturated rings. The van der Waals surface area contributed by atoms with Crippen LogP contribution in [0.5, 0.6) is 5.75 Å². The molecule has 1 aliphatic rings. The Morgan fingerprint density at radius 1 is 0.600 bits per heavy atom. The van der Waals surface area contributed by atoms with Crippen LogP contribution in [-0.4, -0.2) is 125 Å². The van der Waals surface area contributed by atoms with Gasteiger partial charge in [0.25, 0.3) is 0 Å². The van der Waals surface area contributed by atoms with Crippen molar-refractivity contribution in [3.05, 3.63) is 102 Å². The van der Waals surface area contributed by atoms with Gasteiger partial charge in [0.15, 0.2) is 0 Å². The minimum atomic E-state index is -1.54. The summed E-state index contributed by atoms with van der Waals surface area (Å²) >= 11 is 0. The monoisotopic (exact) mass is 900 g/mol. The number of phenols is 1. The van der Waals surface area contributed by atoms with Gasteiger partial charge in [-0.2, -0.15) is 0 Å². The van der Waals surface area contributed by atoms with Crippen molar-refractivity contribution in [1.29, 1.82) is 0 Å². The summed E-state index contributed by atoms with van der Waals surface area (Å²) in [5.74, 6) is -6.58. The average Bonchev–Trinajstić information content (AvgIpc) is 3.83. The second-order valence-electron chi connectivity index (χ2n) is 16.4. The molecule has 1 saturated heterocycles. The third-order valence-electron chi connectivity index (χ3n) is 10.5. The molecule has 7 atom stereocenters. The van der Waals surface area contributed by atoms with E-state index < -0.39 is 96.9 Å². The van der Waals surface area contributed by atoms with Gasteiger partial charge >= 0.3 is 5.97 Å². The molecule has 19 heteroatoms. The van der Waals surface area contributed by atoms with Gasteiger partial charge in [-0.15, -0.1) is 0 Å². The van der Waals surface area contributed by atoms with Crippen LogP contribution in [0.3, 0.4) is 0 Å². The summed E-state index contributed by atoms with van der Waals surface area (Å²) in [5, 5.41) is 50.6. The number of amides is 7. The van der Waals surface area contributed by atoms with Crippen LogP contribution in [-0.2, 0) is 57.6 Å². The molecule has 11 N–H and O–H groups in total. The number of hydrogen-bond donors (Lipinski definition) is 11. The van der Waals surface area contributed by atoms with E-state index in [0.29, 0.717) is 29.7 Å². The van der Waals surface area contributed by atoms with Crippen LogP contribution in [0.25, 0.3) is 0 Å². The highest BCUT2D eigenvalue weighted by Crippen LogP contribution is 2.13. The molecular weight excluding hydrogens is 841 g/mol. The summed E-state index contributed by atoms with van der Waals surface area (Å²) in [6, 6.07) is 15.0. The molecule has 4 rings (SSSR count). The Kier molecular flexibility index (Phi) is 19.9. The van der Waals surface area contributed by atoms with Crippen molar-refractivity contribution in [2.24, 2.45) is 5.92 Å². The van der Waals surface area contributed by atoms with Crippen LogP contribution in [0.2, 0.25) is 0 Å². The van der Waals surface area contributed by atoms with Crippen LogP contribution >= 0.6 is 0 Å². The molecule has 0 spiro atoms. The predicted octanol–water partition coefficient (Wildman–Crippen LogP) is -0.660. The van der Waals surface area contributed by atoms with E-state index in [4.69, 9.17) is 0 Å². The number of carbonyl (C=O) groups excluding carboxylic acids is 7. The van der Waals surface area contributed by atoms with E-state index in [2.05, 4.69) is 42.5 Å². The van der Waals surface area contributed by atoms with Crippen molar-refractivity contribution in [3.8, 4) is 5.75 Å². The summed E-state index contributed by atoms with van der Waals surface area (Å²) in [6.45, 7) is 4.20. The van der Waals surface area contributed by atoms with E-state index in [1.807, 2.05) is 13.8 Å². The number of nitrogens with one attached hydrogen (secondary N) is 8. The van der Waals surface area contributed by atoms with E-state index >= 15 is 0 Å². The summed E-state index contributed by atoms with van der Waals surface area (Å²) in [7, 11) is 0. The molecular formula is C46H60N8O11. The number of carboxylic acid groups (broad SMARTS) is 1. The van der Waals surface area contributed by atoms with E-state index in [0.717, 1.165) is 6.42 Å². The fraction of sp³-hybridized carbons (Fsp3) is 0.435. The highest BCUT2D eigenvalue weighted by molar-refractivity contribution is 5.97. The van der Waals surface area contributed by atoms with Crippen molar-refractivity contribution < 1.29 is 53.7 Å². The van der Waals surface area contributed by atoms with Gasteiger partial charge in [-0.05, 0) is 67.5 Å². The van der Waals surface area contributed by atoms with Gasteiger partial charge in [0.05, 0.1) is 19.2 Å². The Morgan fingerprint density at radius 3 is 1.63 bits per heavy atom. The number of aliphatic hydroxyl groups excluding tert-OH is 1.